The molecule has 6 heteroatoms. The SMILES string of the molecule is O=[C]OC/C=C/c1cccc(OC(F)(F)F)c1. The van der Waals surface area contributed by atoms with Crippen LogP contribution < -0.4 is 4.74 Å². The Morgan fingerprint density at radius 1 is 1.35 bits per heavy atom. The molecule has 3 nitrogen and oxygen atoms in total. The van der Waals surface area contributed by atoms with Gasteiger partial charge in [0, 0.05) is 0 Å². The van der Waals surface area contributed by atoms with Crippen molar-refractivity contribution < 1.29 is 27.4 Å². The third kappa shape index (κ3) is 5.60. The fourth-order valence-electron chi connectivity index (χ4n) is 1.08. The van der Waals surface area contributed by atoms with Crippen molar-refractivity contribution in [3.05, 3.63) is 35.9 Å². The average molecular weight is 245 g/mol. The maximum atomic E-state index is 11.9. The van der Waals surface area contributed by atoms with Crippen LogP contribution in [0.15, 0.2) is 30.3 Å². The van der Waals surface area contributed by atoms with E-state index < -0.39 is 6.36 Å². The first-order valence-electron chi connectivity index (χ1n) is 4.52. The minimum absolute atomic E-state index is 0.00779. The zero-order valence-electron chi connectivity index (χ0n) is 8.53. The topological polar surface area (TPSA) is 35.5 Å². The summed E-state index contributed by atoms with van der Waals surface area (Å²) in [5.74, 6) is -0.303. The van der Waals surface area contributed by atoms with Crippen molar-refractivity contribution in [3.8, 4) is 5.75 Å². The number of ether oxygens (including phenoxy) is 2. The molecule has 0 atom stereocenters. The lowest BCUT2D eigenvalue weighted by Gasteiger charge is -2.08. The van der Waals surface area contributed by atoms with Gasteiger partial charge in [0.25, 0.3) is 0 Å². The quantitative estimate of drug-likeness (QED) is 0.748. The third-order valence-corrected chi connectivity index (χ3v) is 1.64. The first kappa shape index (κ1) is 13.1. The van der Waals surface area contributed by atoms with Gasteiger partial charge in [-0.25, -0.2) is 4.79 Å². The second-order valence-electron chi connectivity index (χ2n) is 2.92. The lowest BCUT2D eigenvalue weighted by molar-refractivity contribution is -0.274. The highest BCUT2D eigenvalue weighted by Gasteiger charge is 2.30. The van der Waals surface area contributed by atoms with E-state index in [1.165, 1.54) is 36.8 Å². The fourth-order valence-corrected chi connectivity index (χ4v) is 1.08. The van der Waals surface area contributed by atoms with Crippen LogP contribution in [0.3, 0.4) is 0 Å². The summed E-state index contributed by atoms with van der Waals surface area (Å²) >= 11 is 0. The van der Waals surface area contributed by atoms with Crippen molar-refractivity contribution in [2.24, 2.45) is 0 Å². The van der Waals surface area contributed by atoms with Gasteiger partial charge in [0.15, 0.2) is 0 Å². The Hall–Kier alpha value is -1.98. The van der Waals surface area contributed by atoms with Crippen molar-refractivity contribution in [2.75, 3.05) is 6.61 Å². The molecule has 91 valence electrons. The van der Waals surface area contributed by atoms with Crippen molar-refractivity contribution in [2.45, 2.75) is 6.36 Å². The summed E-state index contributed by atoms with van der Waals surface area (Å²) in [5, 5.41) is 0. The molecule has 0 bridgehead atoms. The van der Waals surface area contributed by atoms with E-state index >= 15 is 0 Å². The van der Waals surface area contributed by atoms with E-state index in [4.69, 9.17) is 0 Å². The predicted octanol–water partition coefficient (Wildman–Crippen LogP) is 2.68. The predicted molar refractivity (Wildman–Crippen MR) is 53.8 cm³/mol. The number of alkyl halides is 3. The van der Waals surface area contributed by atoms with Gasteiger partial charge in [0.05, 0.1) is 0 Å². The molecule has 0 unspecified atom stereocenters. The molecule has 0 aliphatic heterocycles. The molecule has 1 aromatic carbocycles. The van der Waals surface area contributed by atoms with Crippen LogP contribution in [-0.2, 0) is 9.53 Å². The number of hydrogen-bond donors (Lipinski definition) is 0. The van der Waals surface area contributed by atoms with Crippen molar-refractivity contribution in [1.29, 1.82) is 0 Å². The van der Waals surface area contributed by atoms with Gasteiger partial charge in [0.2, 0.25) is 0 Å². The Morgan fingerprint density at radius 2 is 2.12 bits per heavy atom. The van der Waals surface area contributed by atoms with E-state index in [2.05, 4.69) is 9.47 Å². The number of hydrogen-bond acceptors (Lipinski definition) is 3. The molecule has 1 rings (SSSR count). The second-order valence-corrected chi connectivity index (χ2v) is 2.92. The van der Waals surface area contributed by atoms with E-state index in [0.717, 1.165) is 0 Å². The Labute approximate surface area is 95.5 Å². The van der Waals surface area contributed by atoms with E-state index in [1.807, 2.05) is 0 Å². The number of benzene rings is 1. The smallest absolute Gasteiger partial charge is 0.453 e. The van der Waals surface area contributed by atoms with Gasteiger partial charge in [-0.3, -0.25) is 0 Å². The minimum Gasteiger partial charge on any atom is -0.453 e. The highest BCUT2D eigenvalue weighted by atomic mass is 19.4. The monoisotopic (exact) mass is 245 g/mol. The zero-order valence-corrected chi connectivity index (χ0v) is 8.53. The highest BCUT2D eigenvalue weighted by molar-refractivity contribution is 5.52. The normalized spacial score (nSPS) is 11.5. The summed E-state index contributed by atoms with van der Waals surface area (Å²) in [5.41, 5.74) is 0.501. The van der Waals surface area contributed by atoms with Crippen LogP contribution in [-0.4, -0.2) is 19.4 Å². The maximum Gasteiger partial charge on any atom is 0.573 e. The molecule has 0 heterocycles. The lowest BCUT2D eigenvalue weighted by Crippen LogP contribution is -2.17. The van der Waals surface area contributed by atoms with Crippen LogP contribution in [0.1, 0.15) is 5.56 Å². The van der Waals surface area contributed by atoms with Crippen LogP contribution >= 0.6 is 0 Å². The lowest BCUT2D eigenvalue weighted by atomic mass is 10.2. The Kier molecular flexibility index (Phi) is 4.56. The van der Waals surface area contributed by atoms with Gasteiger partial charge >= 0.3 is 12.8 Å². The molecule has 1 aromatic rings. The van der Waals surface area contributed by atoms with Gasteiger partial charge in [0.1, 0.15) is 12.4 Å². The molecule has 1 radical (unpaired) electrons. The molecule has 0 aromatic heterocycles. The molecule has 0 saturated heterocycles. The largest absolute Gasteiger partial charge is 0.573 e. The van der Waals surface area contributed by atoms with Crippen LogP contribution in [0.2, 0.25) is 0 Å². The van der Waals surface area contributed by atoms with Crippen molar-refractivity contribution in [3.63, 3.8) is 0 Å². The zero-order chi connectivity index (χ0) is 12.7. The molecule has 0 fully saturated rings. The van der Waals surface area contributed by atoms with E-state index in [1.54, 1.807) is 6.07 Å². The summed E-state index contributed by atoms with van der Waals surface area (Å²) in [6.07, 6.45) is -1.74. The van der Waals surface area contributed by atoms with Gasteiger partial charge in [-0.15, -0.1) is 13.2 Å². The standard InChI is InChI=1S/C11H8F3O3/c12-11(13,14)17-10-5-1-3-9(7-10)4-2-6-16-8-15/h1-5,7H,6H2/b4-2+. The molecule has 0 spiro atoms. The number of halogens is 3. The van der Waals surface area contributed by atoms with E-state index in [9.17, 15) is 18.0 Å². The third-order valence-electron chi connectivity index (χ3n) is 1.64. The van der Waals surface area contributed by atoms with Crippen LogP contribution in [0.5, 0.6) is 5.75 Å². The van der Waals surface area contributed by atoms with Crippen LogP contribution in [0.4, 0.5) is 13.2 Å². The summed E-state index contributed by atoms with van der Waals surface area (Å²) in [6.45, 7) is 1.23. The van der Waals surface area contributed by atoms with Gasteiger partial charge in [-0.05, 0) is 23.8 Å². The molecule has 0 aliphatic rings. The van der Waals surface area contributed by atoms with Gasteiger partial charge in [-0.2, -0.15) is 0 Å². The fraction of sp³-hybridized carbons (Fsp3) is 0.182. The van der Waals surface area contributed by atoms with Crippen molar-refractivity contribution in [1.82, 2.24) is 0 Å². The molecular formula is C11H8F3O3. The number of rotatable bonds is 5. The molecule has 0 amide bonds. The maximum absolute atomic E-state index is 11.9. The van der Waals surface area contributed by atoms with Gasteiger partial charge in [-0.1, -0.05) is 18.2 Å². The molecular weight excluding hydrogens is 237 g/mol. The first-order valence-corrected chi connectivity index (χ1v) is 4.52. The Balaban J connectivity index is 2.65. The van der Waals surface area contributed by atoms with Crippen LogP contribution in [0, 0.1) is 0 Å². The van der Waals surface area contributed by atoms with Crippen LogP contribution in [0.25, 0.3) is 6.08 Å². The molecule has 0 aliphatic carbocycles. The summed E-state index contributed by atoms with van der Waals surface area (Å²) in [7, 11) is 0. The molecule has 17 heavy (non-hydrogen) atoms. The Morgan fingerprint density at radius 3 is 2.76 bits per heavy atom. The average Bonchev–Trinajstić information content (AvgIpc) is 2.23. The van der Waals surface area contributed by atoms with Crippen molar-refractivity contribution >= 4 is 12.5 Å². The first-order chi connectivity index (χ1) is 8.01. The highest BCUT2D eigenvalue weighted by Crippen LogP contribution is 2.23. The van der Waals surface area contributed by atoms with E-state index in [0.29, 0.717) is 5.56 Å². The minimum atomic E-state index is -4.71. The second kappa shape index (κ2) is 5.93. The summed E-state index contributed by atoms with van der Waals surface area (Å²) in [6, 6.07) is 5.42. The Bertz CT molecular complexity index is 399. The molecule has 0 saturated carbocycles. The van der Waals surface area contributed by atoms with Gasteiger partial charge < -0.3 is 9.47 Å². The van der Waals surface area contributed by atoms with E-state index in [-0.39, 0.29) is 12.4 Å². The molecule has 0 N–H and O–H groups in total. The summed E-state index contributed by atoms with van der Waals surface area (Å²) in [4.78, 5) is 9.70. The summed E-state index contributed by atoms with van der Waals surface area (Å²) < 4.78 is 43.8. The number of carbonyl (C=O) groups excluding carboxylic acids is 1.